The molecular weight excluding hydrogens is 302 g/mol. The Morgan fingerprint density at radius 3 is 2.68 bits per heavy atom. The molecule has 0 amide bonds. The van der Waals surface area contributed by atoms with Crippen LogP contribution in [0.1, 0.15) is 44.6 Å². The van der Waals surface area contributed by atoms with E-state index in [0.717, 1.165) is 16.8 Å². The predicted molar refractivity (Wildman–Crippen MR) is 82.5 cm³/mol. The number of nitrogens with one attached hydrogen (secondary N) is 1. The summed E-state index contributed by atoms with van der Waals surface area (Å²) in [6.07, 6.45) is 11.4. The van der Waals surface area contributed by atoms with Crippen LogP contribution >= 0.6 is 15.9 Å². The fraction of sp³-hybridized carbons (Fsp3) is 0.667. The number of nitrogens with two attached hydrogens (primary N) is 1. The van der Waals surface area contributed by atoms with Gasteiger partial charge in [-0.15, -0.1) is 0 Å². The van der Waals surface area contributed by atoms with Crippen molar-refractivity contribution in [2.75, 3.05) is 0 Å². The first-order valence-electron chi connectivity index (χ1n) is 7.28. The van der Waals surface area contributed by atoms with Crippen LogP contribution in [-0.4, -0.2) is 11.0 Å². The van der Waals surface area contributed by atoms with Crippen molar-refractivity contribution in [3.05, 3.63) is 28.5 Å². The van der Waals surface area contributed by atoms with Crippen molar-refractivity contribution in [3.8, 4) is 0 Å². The van der Waals surface area contributed by atoms with Gasteiger partial charge in [-0.05, 0) is 58.7 Å². The molecule has 1 saturated carbocycles. The Morgan fingerprint density at radius 1 is 1.37 bits per heavy atom. The monoisotopic (exact) mass is 325 g/mol. The zero-order valence-corrected chi connectivity index (χ0v) is 13.2. The molecule has 19 heavy (non-hydrogen) atoms. The summed E-state index contributed by atoms with van der Waals surface area (Å²) in [5.41, 5.74) is 4.27. The lowest BCUT2D eigenvalue weighted by Gasteiger charge is -2.33. The molecule has 0 aromatic carbocycles. The maximum atomic E-state index is 5.77. The maximum Gasteiger partial charge on any atom is 0.0410 e. The Kier molecular flexibility index (Phi) is 5.79. The standard InChI is InChI=1S/C15H24BrN3/c1-2-11-3-5-13(6-4-11)15(19-17)8-12-7-14(16)10-18-9-12/h7,9-11,13,15,19H,2-6,8,17H2,1H3. The first-order chi connectivity index (χ1) is 9.22. The number of pyridine rings is 1. The minimum Gasteiger partial charge on any atom is -0.271 e. The van der Waals surface area contributed by atoms with Gasteiger partial charge >= 0.3 is 0 Å². The van der Waals surface area contributed by atoms with Gasteiger partial charge in [0.05, 0.1) is 0 Å². The summed E-state index contributed by atoms with van der Waals surface area (Å²) in [6.45, 7) is 2.30. The molecule has 1 aromatic rings. The average Bonchev–Trinajstić information content (AvgIpc) is 2.45. The predicted octanol–water partition coefficient (Wildman–Crippen LogP) is 3.43. The Labute approximate surface area is 124 Å². The van der Waals surface area contributed by atoms with Gasteiger partial charge in [0.25, 0.3) is 0 Å². The van der Waals surface area contributed by atoms with Gasteiger partial charge in [-0.3, -0.25) is 16.3 Å². The molecule has 1 aliphatic rings. The lowest BCUT2D eigenvalue weighted by Crippen LogP contribution is -2.43. The third-order valence-electron chi connectivity index (χ3n) is 4.47. The summed E-state index contributed by atoms with van der Waals surface area (Å²) in [7, 11) is 0. The van der Waals surface area contributed by atoms with E-state index < -0.39 is 0 Å². The summed E-state index contributed by atoms with van der Waals surface area (Å²) in [6, 6.07) is 2.50. The number of hydrazine groups is 1. The molecule has 0 radical (unpaired) electrons. The van der Waals surface area contributed by atoms with Gasteiger partial charge in [0, 0.05) is 22.9 Å². The second-order valence-corrected chi connectivity index (χ2v) is 6.59. The maximum absolute atomic E-state index is 5.77. The van der Waals surface area contributed by atoms with Crippen LogP contribution < -0.4 is 11.3 Å². The van der Waals surface area contributed by atoms with Crippen molar-refractivity contribution in [1.29, 1.82) is 0 Å². The SMILES string of the molecule is CCC1CCC(C(Cc2cncc(Br)c2)NN)CC1. The number of nitrogens with zero attached hydrogens (tertiary/aromatic N) is 1. The van der Waals surface area contributed by atoms with Crippen molar-refractivity contribution in [2.45, 2.75) is 51.5 Å². The van der Waals surface area contributed by atoms with Crippen LogP contribution in [-0.2, 0) is 6.42 Å². The second kappa shape index (κ2) is 7.36. The van der Waals surface area contributed by atoms with E-state index in [-0.39, 0.29) is 0 Å². The van der Waals surface area contributed by atoms with Gasteiger partial charge < -0.3 is 0 Å². The lowest BCUT2D eigenvalue weighted by atomic mass is 9.76. The molecule has 1 unspecified atom stereocenters. The molecule has 1 atom stereocenters. The van der Waals surface area contributed by atoms with E-state index in [0.29, 0.717) is 12.0 Å². The van der Waals surface area contributed by atoms with E-state index in [4.69, 9.17) is 5.84 Å². The molecule has 0 saturated heterocycles. The normalized spacial score (nSPS) is 25.2. The third kappa shape index (κ3) is 4.26. The number of rotatable bonds is 5. The number of hydrogen-bond donors (Lipinski definition) is 2. The van der Waals surface area contributed by atoms with Crippen LogP contribution in [0.4, 0.5) is 0 Å². The number of halogens is 1. The van der Waals surface area contributed by atoms with Crippen molar-refractivity contribution in [1.82, 2.24) is 10.4 Å². The van der Waals surface area contributed by atoms with Crippen LogP contribution in [0.2, 0.25) is 0 Å². The van der Waals surface area contributed by atoms with Gasteiger partial charge in [-0.25, -0.2) is 0 Å². The molecule has 3 nitrogen and oxygen atoms in total. The minimum absolute atomic E-state index is 0.369. The van der Waals surface area contributed by atoms with E-state index >= 15 is 0 Å². The smallest absolute Gasteiger partial charge is 0.0410 e. The Bertz CT molecular complexity index is 389. The summed E-state index contributed by atoms with van der Waals surface area (Å²) < 4.78 is 1.04. The van der Waals surface area contributed by atoms with E-state index in [1.165, 1.54) is 37.7 Å². The highest BCUT2D eigenvalue weighted by atomic mass is 79.9. The minimum atomic E-state index is 0.369. The van der Waals surface area contributed by atoms with E-state index in [9.17, 15) is 0 Å². The van der Waals surface area contributed by atoms with Gasteiger partial charge in [-0.2, -0.15) is 0 Å². The van der Waals surface area contributed by atoms with E-state index in [1.807, 2.05) is 12.4 Å². The first-order valence-corrected chi connectivity index (χ1v) is 8.07. The zero-order valence-electron chi connectivity index (χ0n) is 11.6. The fourth-order valence-corrected chi connectivity index (χ4v) is 3.59. The Hall–Kier alpha value is -0.450. The summed E-state index contributed by atoms with van der Waals surface area (Å²) in [5.74, 6) is 7.41. The van der Waals surface area contributed by atoms with Gasteiger partial charge in [0.1, 0.15) is 0 Å². The van der Waals surface area contributed by atoms with Crippen LogP contribution in [0.25, 0.3) is 0 Å². The Balaban J connectivity index is 1.93. The van der Waals surface area contributed by atoms with Crippen LogP contribution in [0.3, 0.4) is 0 Å². The highest BCUT2D eigenvalue weighted by Gasteiger charge is 2.26. The Morgan fingerprint density at radius 2 is 2.11 bits per heavy atom. The highest BCUT2D eigenvalue weighted by Crippen LogP contribution is 2.33. The average molecular weight is 326 g/mol. The van der Waals surface area contributed by atoms with E-state index in [1.54, 1.807) is 0 Å². The highest BCUT2D eigenvalue weighted by molar-refractivity contribution is 9.10. The summed E-state index contributed by atoms with van der Waals surface area (Å²) in [4.78, 5) is 4.23. The molecule has 0 aliphatic heterocycles. The first kappa shape index (κ1) is 14.9. The largest absolute Gasteiger partial charge is 0.271 e. The number of hydrogen-bond acceptors (Lipinski definition) is 3. The second-order valence-electron chi connectivity index (χ2n) is 5.68. The molecule has 1 fully saturated rings. The topological polar surface area (TPSA) is 50.9 Å². The molecule has 1 aliphatic carbocycles. The van der Waals surface area contributed by atoms with E-state index in [2.05, 4.69) is 39.3 Å². The summed E-state index contributed by atoms with van der Waals surface area (Å²) >= 11 is 3.47. The van der Waals surface area contributed by atoms with Gasteiger partial charge in [-0.1, -0.05) is 26.2 Å². The van der Waals surface area contributed by atoms with Crippen molar-refractivity contribution in [3.63, 3.8) is 0 Å². The van der Waals surface area contributed by atoms with Gasteiger partial charge in [0.2, 0.25) is 0 Å². The molecule has 1 aromatic heterocycles. The molecule has 0 spiro atoms. The molecule has 1 heterocycles. The third-order valence-corrected chi connectivity index (χ3v) is 4.90. The van der Waals surface area contributed by atoms with Gasteiger partial charge in [0.15, 0.2) is 0 Å². The number of aromatic nitrogens is 1. The lowest BCUT2D eigenvalue weighted by molar-refractivity contribution is 0.217. The molecule has 0 bridgehead atoms. The molecule has 3 N–H and O–H groups in total. The van der Waals surface area contributed by atoms with Crippen LogP contribution in [0.5, 0.6) is 0 Å². The molecule has 106 valence electrons. The molecular formula is C15H24BrN3. The van der Waals surface area contributed by atoms with Crippen LogP contribution in [0.15, 0.2) is 22.9 Å². The summed E-state index contributed by atoms with van der Waals surface area (Å²) in [5, 5.41) is 0. The van der Waals surface area contributed by atoms with Crippen molar-refractivity contribution in [2.24, 2.45) is 17.7 Å². The zero-order chi connectivity index (χ0) is 13.7. The van der Waals surface area contributed by atoms with Crippen LogP contribution in [0, 0.1) is 11.8 Å². The molecule has 4 heteroatoms. The van der Waals surface area contributed by atoms with Crippen molar-refractivity contribution < 1.29 is 0 Å². The fourth-order valence-electron chi connectivity index (χ4n) is 3.18. The molecule has 2 rings (SSSR count). The quantitative estimate of drug-likeness (QED) is 0.644. The van der Waals surface area contributed by atoms with Crippen molar-refractivity contribution >= 4 is 15.9 Å².